The van der Waals surface area contributed by atoms with E-state index in [1.165, 1.54) is 0 Å². The normalized spacial score (nSPS) is 15.8. The van der Waals surface area contributed by atoms with Gasteiger partial charge in [0.2, 0.25) is 5.95 Å². The van der Waals surface area contributed by atoms with E-state index in [1.54, 1.807) is 42.7 Å². The van der Waals surface area contributed by atoms with Crippen LogP contribution in [-0.4, -0.2) is 51.6 Å². The van der Waals surface area contributed by atoms with Gasteiger partial charge in [0, 0.05) is 49.7 Å². The first-order chi connectivity index (χ1) is 23.0. The molecule has 0 saturated carbocycles. The smallest absolute Gasteiger partial charge is 0.290 e. The van der Waals surface area contributed by atoms with Gasteiger partial charge in [-0.05, 0) is 78.5 Å². The molecular formula is C35H32N8O3S. The van der Waals surface area contributed by atoms with Crippen LogP contribution in [0, 0.1) is 17.2 Å². The lowest BCUT2D eigenvalue weighted by Crippen LogP contribution is -2.38. The number of rotatable bonds is 10. The lowest BCUT2D eigenvalue weighted by molar-refractivity contribution is -0.115. The highest BCUT2D eigenvalue weighted by Crippen LogP contribution is 2.27. The Kier molecular flexibility index (Phi) is 9.95. The van der Waals surface area contributed by atoms with Gasteiger partial charge in [-0.1, -0.05) is 42.5 Å². The Bertz CT molecular complexity index is 1870. The molecule has 11 nitrogen and oxygen atoms in total. The third kappa shape index (κ3) is 7.89. The Hall–Kier alpha value is -5.38. The summed E-state index contributed by atoms with van der Waals surface area (Å²) in [6, 6.07) is 22.8. The Morgan fingerprint density at radius 3 is 2.60 bits per heavy atom. The van der Waals surface area contributed by atoms with Gasteiger partial charge in [-0.2, -0.15) is 5.26 Å². The van der Waals surface area contributed by atoms with Gasteiger partial charge < -0.3 is 15.5 Å². The molecule has 0 unspecified atom stereocenters. The molecule has 4 heterocycles. The molecule has 47 heavy (non-hydrogen) atoms. The second-order valence-corrected chi connectivity index (χ2v) is 12.3. The highest BCUT2D eigenvalue weighted by Gasteiger charge is 2.26. The van der Waals surface area contributed by atoms with E-state index in [1.807, 2.05) is 42.5 Å². The maximum absolute atomic E-state index is 12.9. The number of carbonyl (C=O) groups excluding carboxylic acids is 3. The van der Waals surface area contributed by atoms with Gasteiger partial charge in [-0.3, -0.25) is 24.7 Å². The monoisotopic (exact) mass is 644 g/mol. The van der Waals surface area contributed by atoms with Gasteiger partial charge in [0.05, 0.1) is 21.9 Å². The minimum absolute atomic E-state index is 0.190. The molecule has 2 aromatic heterocycles. The van der Waals surface area contributed by atoms with Crippen molar-refractivity contribution in [1.29, 1.82) is 5.26 Å². The Morgan fingerprint density at radius 1 is 1.02 bits per heavy atom. The fourth-order valence-corrected chi connectivity index (χ4v) is 6.25. The summed E-state index contributed by atoms with van der Waals surface area (Å²) >= 11 is 0.865. The van der Waals surface area contributed by atoms with Crippen molar-refractivity contribution in [3.05, 3.63) is 112 Å². The number of carbonyl (C=O) groups is 3. The topological polar surface area (TPSA) is 153 Å². The molecule has 0 aliphatic carbocycles. The Labute approximate surface area is 276 Å². The van der Waals surface area contributed by atoms with Crippen molar-refractivity contribution >= 4 is 40.8 Å². The molecule has 3 amide bonds. The van der Waals surface area contributed by atoms with E-state index >= 15 is 0 Å². The predicted molar refractivity (Wildman–Crippen MR) is 180 cm³/mol. The third-order valence-corrected chi connectivity index (χ3v) is 8.89. The highest BCUT2D eigenvalue weighted by molar-refractivity contribution is 8.18. The maximum Gasteiger partial charge on any atom is 0.290 e. The summed E-state index contributed by atoms with van der Waals surface area (Å²) in [7, 11) is 0. The van der Waals surface area contributed by atoms with E-state index in [0.29, 0.717) is 57.9 Å². The summed E-state index contributed by atoms with van der Waals surface area (Å²) in [6.45, 7) is 3.32. The highest BCUT2D eigenvalue weighted by atomic mass is 32.2. The van der Waals surface area contributed by atoms with Crippen LogP contribution >= 0.6 is 11.8 Å². The minimum Gasteiger partial charge on any atom is -0.348 e. The van der Waals surface area contributed by atoms with Crippen LogP contribution in [-0.2, 0) is 17.9 Å². The summed E-state index contributed by atoms with van der Waals surface area (Å²) in [6.07, 6.45) is 6.86. The van der Waals surface area contributed by atoms with Gasteiger partial charge in [0.15, 0.2) is 0 Å². The first kappa shape index (κ1) is 31.6. The summed E-state index contributed by atoms with van der Waals surface area (Å²) < 4.78 is 0. The minimum atomic E-state index is -0.410. The number of amides is 3. The number of imide groups is 1. The molecule has 2 aromatic carbocycles. The molecule has 2 fully saturated rings. The van der Waals surface area contributed by atoms with Crippen molar-refractivity contribution in [1.82, 2.24) is 30.9 Å². The van der Waals surface area contributed by atoms with E-state index < -0.39 is 5.91 Å². The Morgan fingerprint density at radius 2 is 1.83 bits per heavy atom. The van der Waals surface area contributed by atoms with Crippen LogP contribution in [0.4, 0.5) is 10.7 Å². The van der Waals surface area contributed by atoms with Crippen molar-refractivity contribution in [3.63, 3.8) is 0 Å². The van der Waals surface area contributed by atoms with Crippen LogP contribution < -0.4 is 20.9 Å². The zero-order chi connectivity index (χ0) is 32.6. The fourth-order valence-electron chi connectivity index (χ4n) is 5.58. The number of hydrogen-bond donors (Lipinski definition) is 3. The number of piperidine rings is 1. The molecule has 2 aliphatic rings. The van der Waals surface area contributed by atoms with Crippen LogP contribution in [0.15, 0.2) is 84.0 Å². The second kappa shape index (κ2) is 14.8. The molecule has 236 valence electrons. The zero-order valence-corrected chi connectivity index (χ0v) is 26.3. The molecule has 0 spiro atoms. The maximum atomic E-state index is 12.9. The van der Waals surface area contributed by atoms with Crippen LogP contribution in [0.1, 0.15) is 45.6 Å². The first-order valence-corrected chi connectivity index (χ1v) is 16.1. The zero-order valence-electron chi connectivity index (χ0n) is 25.5. The first-order valence-electron chi connectivity index (χ1n) is 15.3. The largest absolute Gasteiger partial charge is 0.348 e. The van der Waals surface area contributed by atoms with Crippen LogP contribution in [0.25, 0.3) is 17.3 Å². The summed E-state index contributed by atoms with van der Waals surface area (Å²) in [5.74, 6) is 0.441. The predicted octanol–water partition coefficient (Wildman–Crippen LogP) is 4.67. The molecule has 0 bridgehead atoms. The third-order valence-electron chi connectivity index (χ3n) is 8.07. The number of anilines is 1. The van der Waals surface area contributed by atoms with Crippen LogP contribution in [0.5, 0.6) is 0 Å². The van der Waals surface area contributed by atoms with Gasteiger partial charge in [0.25, 0.3) is 17.1 Å². The van der Waals surface area contributed by atoms with Gasteiger partial charge in [0.1, 0.15) is 6.07 Å². The van der Waals surface area contributed by atoms with Crippen molar-refractivity contribution in [2.75, 3.05) is 24.5 Å². The molecule has 0 atom stereocenters. The van der Waals surface area contributed by atoms with Crippen molar-refractivity contribution in [3.8, 4) is 17.3 Å². The lowest BCUT2D eigenvalue weighted by Gasteiger charge is -2.32. The van der Waals surface area contributed by atoms with E-state index in [0.717, 1.165) is 55.4 Å². The second-order valence-electron chi connectivity index (χ2n) is 11.2. The number of aromatic nitrogens is 3. The summed E-state index contributed by atoms with van der Waals surface area (Å²) in [4.78, 5) is 52.2. The molecule has 6 rings (SSSR count). The van der Waals surface area contributed by atoms with Crippen LogP contribution in [0.2, 0.25) is 0 Å². The quantitative estimate of drug-likeness (QED) is 0.208. The molecule has 12 heteroatoms. The van der Waals surface area contributed by atoms with Gasteiger partial charge >= 0.3 is 0 Å². The number of nitriles is 1. The Balaban J connectivity index is 1.03. The van der Waals surface area contributed by atoms with E-state index in [4.69, 9.17) is 0 Å². The fraction of sp³-hybridized carbons (Fsp3) is 0.229. The van der Waals surface area contributed by atoms with E-state index in [9.17, 15) is 19.6 Å². The van der Waals surface area contributed by atoms with Gasteiger partial charge in [-0.25, -0.2) is 9.97 Å². The van der Waals surface area contributed by atoms with Crippen LogP contribution in [0.3, 0.4) is 0 Å². The van der Waals surface area contributed by atoms with E-state index in [-0.39, 0.29) is 11.1 Å². The molecule has 2 saturated heterocycles. The van der Waals surface area contributed by atoms with E-state index in [2.05, 4.69) is 41.9 Å². The average Bonchev–Trinajstić information content (AvgIpc) is 3.43. The lowest BCUT2D eigenvalue weighted by atomic mass is 9.96. The number of pyridine rings is 1. The number of thioether (sulfide) groups is 1. The SMILES string of the molecule is N#Cc1c(CNCC2CCN(c3nccc(/C=C4\SC(=O)NC4=O)n3)CC2)ccnc1-c1cccc(C(=O)NCc2ccccc2)c1. The summed E-state index contributed by atoms with van der Waals surface area (Å²) in [5, 5.41) is 18.5. The number of nitrogens with zero attached hydrogens (tertiary/aromatic N) is 5. The molecule has 4 aromatic rings. The molecule has 2 aliphatic heterocycles. The van der Waals surface area contributed by atoms with Crippen molar-refractivity contribution < 1.29 is 14.4 Å². The standard InChI is InChI=1S/C35H32N8O3S/c36-19-29-27(9-13-38-31(29)25-7-4-8-26(17-25)32(44)40-21-23-5-2-1-3-6-23)22-37-20-24-11-15-43(16-12-24)34-39-14-10-28(41-34)18-30-33(45)42-35(46)47-30/h1-10,13-14,17-18,24,37H,11-12,15-16,20-22H2,(H,40,44)(H,42,45,46)/b30-18-. The molecule has 0 radical (unpaired) electrons. The summed E-state index contributed by atoms with van der Waals surface area (Å²) in [5.41, 5.74) is 4.70. The molecular weight excluding hydrogens is 613 g/mol. The van der Waals surface area contributed by atoms with Gasteiger partial charge in [-0.15, -0.1) is 0 Å². The number of hydrogen-bond acceptors (Lipinski definition) is 10. The molecule has 3 N–H and O–H groups in total. The average molecular weight is 645 g/mol. The van der Waals surface area contributed by atoms with Crippen molar-refractivity contribution in [2.24, 2.45) is 5.92 Å². The number of benzene rings is 2. The number of nitrogens with one attached hydrogen (secondary N) is 3. The van der Waals surface area contributed by atoms with Crippen molar-refractivity contribution in [2.45, 2.75) is 25.9 Å².